The van der Waals surface area contributed by atoms with E-state index in [0.717, 1.165) is 12.8 Å². The Morgan fingerprint density at radius 2 is 2.05 bits per heavy atom. The Labute approximate surface area is 129 Å². The molecule has 0 bridgehead atoms. The summed E-state index contributed by atoms with van der Waals surface area (Å²) in [7, 11) is 0. The first-order chi connectivity index (χ1) is 10.1. The second-order valence-electron chi connectivity index (χ2n) is 5.48. The second kappa shape index (κ2) is 7.73. The molecule has 0 atom stereocenters. The van der Waals surface area contributed by atoms with E-state index in [0.29, 0.717) is 29.7 Å². The number of benzene rings is 1. The number of nitro benzene ring substituents is 1. The average molecular weight is 313 g/mol. The molecule has 6 heteroatoms. The molecular formula is C15H21ClN2O3. The third kappa shape index (κ3) is 4.15. The maximum Gasteiger partial charge on any atom is 0.275 e. The fourth-order valence-electron chi connectivity index (χ4n) is 3.04. The van der Waals surface area contributed by atoms with Gasteiger partial charge in [-0.15, -0.1) is 0 Å². The van der Waals surface area contributed by atoms with Crippen molar-refractivity contribution in [3.8, 4) is 0 Å². The Kier molecular flexibility index (Phi) is 5.96. The highest BCUT2D eigenvalue weighted by atomic mass is 35.5. The highest BCUT2D eigenvalue weighted by molar-refractivity contribution is 6.31. The SMILES string of the molecule is O=[N+]([O-])c1cccc(Cl)c1CN(CCO)C1CCCCC1. The van der Waals surface area contributed by atoms with Gasteiger partial charge >= 0.3 is 0 Å². The van der Waals surface area contributed by atoms with Gasteiger partial charge in [0.1, 0.15) is 0 Å². The molecule has 1 aliphatic carbocycles. The minimum Gasteiger partial charge on any atom is -0.395 e. The minimum absolute atomic E-state index is 0.0503. The van der Waals surface area contributed by atoms with Crippen LogP contribution in [-0.4, -0.2) is 34.1 Å². The molecule has 1 saturated carbocycles. The summed E-state index contributed by atoms with van der Waals surface area (Å²) >= 11 is 6.16. The van der Waals surface area contributed by atoms with E-state index in [1.165, 1.54) is 25.3 Å². The van der Waals surface area contributed by atoms with Gasteiger partial charge < -0.3 is 5.11 Å². The predicted octanol–water partition coefficient (Wildman–Crippen LogP) is 3.38. The van der Waals surface area contributed by atoms with Crippen molar-refractivity contribution in [1.29, 1.82) is 0 Å². The topological polar surface area (TPSA) is 66.6 Å². The van der Waals surface area contributed by atoms with Gasteiger partial charge in [-0.25, -0.2) is 0 Å². The first-order valence-electron chi connectivity index (χ1n) is 7.40. The van der Waals surface area contributed by atoms with Crippen molar-refractivity contribution in [2.45, 2.75) is 44.7 Å². The highest BCUT2D eigenvalue weighted by Gasteiger charge is 2.25. The molecule has 5 nitrogen and oxygen atoms in total. The lowest BCUT2D eigenvalue weighted by molar-refractivity contribution is -0.385. The summed E-state index contributed by atoms with van der Waals surface area (Å²) in [6.07, 6.45) is 5.76. The van der Waals surface area contributed by atoms with Crippen molar-refractivity contribution < 1.29 is 10.0 Å². The van der Waals surface area contributed by atoms with Gasteiger partial charge in [-0.2, -0.15) is 0 Å². The maximum atomic E-state index is 11.2. The van der Waals surface area contributed by atoms with Crippen molar-refractivity contribution >= 4 is 17.3 Å². The molecule has 2 rings (SSSR count). The Morgan fingerprint density at radius 3 is 2.67 bits per heavy atom. The number of halogens is 1. The number of aliphatic hydroxyl groups is 1. The van der Waals surface area contributed by atoms with Crippen LogP contribution < -0.4 is 0 Å². The molecule has 0 aliphatic heterocycles. The zero-order valence-corrected chi connectivity index (χ0v) is 12.8. The van der Waals surface area contributed by atoms with Gasteiger partial charge in [0.25, 0.3) is 5.69 Å². The van der Waals surface area contributed by atoms with Crippen LogP contribution in [0.1, 0.15) is 37.7 Å². The van der Waals surface area contributed by atoms with Crippen LogP contribution >= 0.6 is 11.6 Å². The van der Waals surface area contributed by atoms with Crippen molar-refractivity contribution in [1.82, 2.24) is 4.90 Å². The second-order valence-corrected chi connectivity index (χ2v) is 5.89. The quantitative estimate of drug-likeness (QED) is 0.646. The van der Waals surface area contributed by atoms with Gasteiger partial charge in [0.2, 0.25) is 0 Å². The zero-order chi connectivity index (χ0) is 15.2. The molecule has 0 heterocycles. The van der Waals surface area contributed by atoms with Crippen LogP contribution in [0.4, 0.5) is 5.69 Å². The van der Waals surface area contributed by atoms with Crippen LogP contribution in [0.15, 0.2) is 18.2 Å². The molecule has 0 radical (unpaired) electrons. The summed E-state index contributed by atoms with van der Waals surface area (Å²) < 4.78 is 0. The monoisotopic (exact) mass is 312 g/mol. The lowest BCUT2D eigenvalue weighted by atomic mass is 9.93. The molecule has 0 spiro atoms. The molecule has 1 aliphatic rings. The Morgan fingerprint density at radius 1 is 1.33 bits per heavy atom. The van der Waals surface area contributed by atoms with E-state index >= 15 is 0 Å². The van der Waals surface area contributed by atoms with E-state index in [1.54, 1.807) is 12.1 Å². The summed E-state index contributed by atoms with van der Waals surface area (Å²) in [6.45, 7) is 0.989. The number of rotatable bonds is 6. The number of nitro groups is 1. The fraction of sp³-hybridized carbons (Fsp3) is 0.600. The van der Waals surface area contributed by atoms with Gasteiger partial charge in [-0.1, -0.05) is 36.9 Å². The standard InChI is InChI=1S/C15H21ClN2O3/c16-14-7-4-8-15(18(20)21)13(14)11-17(9-10-19)12-5-2-1-3-6-12/h4,7-8,12,19H,1-3,5-6,9-11H2. The molecule has 0 saturated heterocycles. The van der Waals surface area contributed by atoms with Crippen molar-refractivity contribution in [3.63, 3.8) is 0 Å². The predicted molar refractivity (Wildman–Crippen MR) is 82.5 cm³/mol. The summed E-state index contributed by atoms with van der Waals surface area (Å²) in [4.78, 5) is 12.9. The Balaban J connectivity index is 2.21. The molecule has 0 aromatic heterocycles. The third-order valence-electron chi connectivity index (χ3n) is 4.13. The van der Waals surface area contributed by atoms with E-state index in [4.69, 9.17) is 11.6 Å². The molecule has 1 aromatic carbocycles. The third-order valence-corrected chi connectivity index (χ3v) is 4.48. The first-order valence-corrected chi connectivity index (χ1v) is 7.78. The van der Waals surface area contributed by atoms with Gasteiger partial charge in [0, 0.05) is 25.2 Å². The molecule has 1 aromatic rings. The summed E-state index contributed by atoms with van der Waals surface area (Å²) in [5.41, 5.74) is 0.601. The van der Waals surface area contributed by atoms with E-state index in [-0.39, 0.29) is 17.2 Å². The smallest absolute Gasteiger partial charge is 0.275 e. The van der Waals surface area contributed by atoms with Crippen LogP contribution in [-0.2, 0) is 6.54 Å². The Bertz CT molecular complexity index is 490. The number of hydrogen-bond donors (Lipinski definition) is 1. The summed E-state index contributed by atoms with van der Waals surface area (Å²) in [5.74, 6) is 0. The number of nitrogens with zero attached hydrogens (tertiary/aromatic N) is 2. The number of hydrogen-bond acceptors (Lipinski definition) is 4. The van der Waals surface area contributed by atoms with Gasteiger partial charge in [-0.05, 0) is 18.9 Å². The van der Waals surface area contributed by atoms with Gasteiger partial charge in [0.15, 0.2) is 0 Å². The molecule has 1 fully saturated rings. The Hall–Kier alpha value is -1.17. The van der Waals surface area contributed by atoms with Crippen molar-refractivity contribution in [2.75, 3.05) is 13.2 Å². The lowest BCUT2D eigenvalue weighted by Gasteiger charge is -2.34. The van der Waals surface area contributed by atoms with Crippen molar-refractivity contribution in [2.24, 2.45) is 0 Å². The van der Waals surface area contributed by atoms with Gasteiger partial charge in [-0.3, -0.25) is 15.0 Å². The van der Waals surface area contributed by atoms with E-state index in [1.807, 2.05) is 0 Å². The van der Waals surface area contributed by atoms with Crippen LogP contribution in [0, 0.1) is 10.1 Å². The molecule has 116 valence electrons. The minimum atomic E-state index is -0.390. The van der Waals surface area contributed by atoms with E-state index in [9.17, 15) is 15.2 Å². The van der Waals surface area contributed by atoms with Gasteiger partial charge in [0.05, 0.1) is 22.1 Å². The highest BCUT2D eigenvalue weighted by Crippen LogP contribution is 2.30. The van der Waals surface area contributed by atoms with Crippen LogP contribution in [0.5, 0.6) is 0 Å². The maximum absolute atomic E-state index is 11.2. The van der Waals surface area contributed by atoms with Crippen molar-refractivity contribution in [3.05, 3.63) is 38.9 Å². The lowest BCUT2D eigenvalue weighted by Crippen LogP contribution is -2.38. The average Bonchev–Trinajstić information content (AvgIpc) is 2.49. The zero-order valence-electron chi connectivity index (χ0n) is 12.0. The summed E-state index contributed by atoms with van der Waals surface area (Å²) in [5, 5.41) is 20.9. The van der Waals surface area contributed by atoms with E-state index in [2.05, 4.69) is 4.90 Å². The fourth-order valence-corrected chi connectivity index (χ4v) is 3.27. The number of aliphatic hydroxyl groups excluding tert-OH is 1. The largest absolute Gasteiger partial charge is 0.395 e. The molecular weight excluding hydrogens is 292 g/mol. The van der Waals surface area contributed by atoms with Crippen LogP contribution in [0.2, 0.25) is 5.02 Å². The van der Waals surface area contributed by atoms with Crippen LogP contribution in [0.25, 0.3) is 0 Å². The van der Waals surface area contributed by atoms with E-state index < -0.39 is 0 Å². The molecule has 0 unspecified atom stereocenters. The first kappa shape index (κ1) is 16.2. The molecule has 0 amide bonds. The summed E-state index contributed by atoms with van der Waals surface area (Å²) in [6, 6.07) is 5.14. The molecule has 1 N–H and O–H groups in total. The molecule has 21 heavy (non-hydrogen) atoms. The van der Waals surface area contributed by atoms with Crippen LogP contribution in [0.3, 0.4) is 0 Å². The normalized spacial score (nSPS) is 16.3.